The zero-order valence-electron chi connectivity index (χ0n) is 13.2. The van der Waals surface area contributed by atoms with Crippen molar-refractivity contribution < 1.29 is 14.3 Å². The monoisotopic (exact) mass is 317 g/mol. The quantitative estimate of drug-likeness (QED) is 0.833. The van der Waals surface area contributed by atoms with Gasteiger partial charge in [0.1, 0.15) is 11.7 Å². The number of rotatable bonds is 4. The Hall–Kier alpha value is -2.64. The van der Waals surface area contributed by atoms with Crippen LogP contribution in [-0.4, -0.2) is 56.9 Å². The van der Waals surface area contributed by atoms with Crippen molar-refractivity contribution >= 4 is 5.91 Å². The average molecular weight is 317 g/mol. The Bertz CT molecular complexity index is 665. The Labute approximate surface area is 134 Å². The van der Waals surface area contributed by atoms with E-state index in [2.05, 4.69) is 15.1 Å². The summed E-state index contributed by atoms with van der Waals surface area (Å²) in [5.41, 5.74) is 0.489. The lowest BCUT2D eigenvalue weighted by molar-refractivity contribution is 0.0584. The average Bonchev–Trinajstić information content (AvgIpc) is 2.97. The van der Waals surface area contributed by atoms with Gasteiger partial charge in [0.05, 0.1) is 13.3 Å². The summed E-state index contributed by atoms with van der Waals surface area (Å²) in [7, 11) is 3.28. The summed E-state index contributed by atoms with van der Waals surface area (Å²) < 4.78 is 12.5. The molecule has 0 N–H and O–H groups in total. The van der Waals surface area contributed by atoms with Crippen LogP contribution in [0.1, 0.15) is 23.2 Å². The van der Waals surface area contributed by atoms with Gasteiger partial charge in [-0.25, -0.2) is 4.98 Å². The molecule has 1 fully saturated rings. The zero-order chi connectivity index (χ0) is 16.2. The predicted octanol–water partition coefficient (Wildman–Crippen LogP) is 0.902. The third-order valence-electron chi connectivity index (χ3n) is 3.77. The minimum atomic E-state index is -0.0621. The van der Waals surface area contributed by atoms with Gasteiger partial charge in [0.15, 0.2) is 0 Å². The number of carbonyl (C=O) groups excluding carboxylic acids is 1. The summed E-state index contributed by atoms with van der Waals surface area (Å²) in [6.45, 7) is 1.25. The van der Waals surface area contributed by atoms with Crippen LogP contribution in [0.5, 0.6) is 11.8 Å². The van der Waals surface area contributed by atoms with E-state index in [9.17, 15) is 4.79 Å². The summed E-state index contributed by atoms with van der Waals surface area (Å²) in [5.74, 6) is 0.814. The second-order valence-electron chi connectivity index (χ2n) is 5.38. The highest BCUT2D eigenvalue weighted by Gasteiger charge is 2.27. The van der Waals surface area contributed by atoms with Crippen molar-refractivity contribution in [3.63, 3.8) is 0 Å². The fourth-order valence-electron chi connectivity index (χ4n) is 2.63. The highest BCUT2D eigenvalue weighted by molar-refractivity contribution is 5.96. The highest BCUT2D eigenvalue weighted by atomic mass is 16.5. The summed E-state index contributed by atoms with van der Waals surface area (Å²) >= 11 is 0. The van der Waals surface area contributed by atoms with Crippen molar-refractivity contribution in [1.82, 2.24) is 24.6 Å². The molecule has 8 heteroatoms. The number of piperidine rings is 1. The maximum absolute atomic E-state index is 12.6. The molecule has 1 aliphatic rings. The van der Waals surface area contributed by atoms with E-state index in [4.69, 9.17) is 9.47 Å². The van der Waals surface area contributed by atoms with Crippen LogP contribution in [-0.2, 0) is 7.05 Å². The number of hydrogen-bond donors (Lipinski definition) is 0. The Morgan fingerprint density at radius 1 is 1.30 bits per heavy atom. The third-order valence-corrected chi connectivity index (χ3v) is 3.77. The van der Waals surface area contributed by atoms with E-state index in [1.807, 2.05) is 0 Å². The van der Waals surface area contributed by atoms with E-state index >= 15 is 0 Å². The van der Waals surface area contributed by atoms with E-state index in [0.29, 0.717) is 30.4 Å². The number of likely N-dealkylation sites (tertiary alicyclic amines) is 1. The van der Waals surface area contributed by atoms with Gasteiger partial charge in [-0.2, -0.15) is 0 Å². The number of ether oxygens (including phenoxy) is 2. The highest BCUT2D eigenvalue weighted by Crippen LogP contribution is 2.21. The largest absolute Gasteiger partial charge is 0.479 e. The van der Waals surface area contributed by atoms with Crippen LogP contribution in [0.15, 0.2) is 24.8 Å². The number of nitrogens with zero attached hydrogens (tertiary/aromatic N) is 5. The molecule has 2 aromatic rings. The summed E-state index contributed by atoms with van der Waals surface area (Å²) in [4.78, 5) is 22.5. The maximum Gasteiger partial charge on any atom is 0.260 e. The van der Waals surface area contributed by atoms with Gasteiger partial charge in [-0.1, -0.05) is 0 Å². The maximum atomic E-state index is 12.6. The number of aromatic nitrogens is 4. The lowest BCUT2D eigenvalue weighted by Gasteiger charge is -2.31. The van der Waals surface area contributed by atoms with Crippen LogP contribution in [0.25, 0.3) is 0 Å². The number of methoxy groups -OCH3 is 1. The lowest BCUT2D eigenvalue weighted by Crippen LogP contribution is -2.41. The molecular formula is C15H19N5O3. The summed E-state index contributed by atoms with van der Waals surface area (Å²) in [6.07, 6.45) is 8.04. The van der Waals surface area contributed by atoms with Gasteiger partial charge >= 0.3 is 0 Å². The van der Waals surface area contributed by atoms with E-state index < -0.39 is 0 Å². The van der Waals surface area contributed by atoms with E-state index in [1.165, 1.54) is 7.11 Å². The summed E-state index contributed by atoms with van der Waals surface area (Å²) in [6, 6.07) is 0. The molecular weight excluding hydrogens is 298 g/mol. The smallest absolute Gasteiger partial charge is 0.260 e. The Morgan fingerprint density at radius 2 is 2.09 bits per heavy atom. The number of amides is 1. The molecule has 1 amide bonds. The van der Waals surface area contributed by atoms with Gasteiger partial charge in [0, 0.05) is 51.6 Å². The molecule has 0 atom stereocenters. The van der Waals surface area contributed by atoms with Crippen LogP contribution in [0.3, 0.4) is 0 Å². The molecule has 3 heterocycles. The van der Waals surface area contributed by atoms with E-state index in [1.54, 1.807) is 41.4 Å². The predicted molar refractivity (Wildman–Crippen MR) is 81.3 cm³/mol. The van der Waals surface area contributed by atoms with Gasteiger partial charge in [0.25, 0.3) is 5.91 Å². The molecule has 23 heavy (non-hydrogen) atoms. The van der Waals surface area contributed by atoms with Crippen molar-refractivity contribution in [2.75, 3.05) is 20.2 Å². The first kappa shape index (κ1) is 15.3. The molecule has 2 aromatic heterocycles. The molecule has 122 valence electrons. The van der Waals surface area contributed by atoms with Crippen molar-refractivity contribution in [3.8, 4) is 11.8 Å². The van der Waals surface area contributed by atoms with Crippen molar-refractivity contribution in [1.29, 1.82) is 0 Å². The molecule has 0 bridgehead atoms. The third kappa shape index (κ3) is 3.41. The van der Waals surface area contributed by atoms with E-state index in [-0.39, 0.29) is 12.0 Å². The van der Waals surface area contributed by atoms with Gasteiger partial charge < -0.3 is 14.4 Å². The van der Waals surface area contributed by atoms with Crippen LogP contribution >= 0.6 is 0 Å². The molecule has 8 nitrogen and oxygen atoms in total. The minimum Gasteiger partial charge on any atom is -0.479 e. The Morgan fingerprint density at radius 3 is 2.74 bits per heavy atom. The second-order valence-corrected chi connectivity index (χ2v) is 5.38. The minimum absolute atomic E-state index is 0.0477. The lowest BCUT2D eigenvalue weighted by atomic mass is 10.1. The molecule has 1 saturated heterocycles. The normalized spacial score (nSPS) is 15.5. The summed E-state index contributed by atoms with van der Waals surface area (Å²) in [5, 5.41) is 4.12. The van der Waals surface area contributed by atoms with Crippen molar-refractivity contribution in [3.05, 3.63) is 30.4 Å². The fourth-order valence-corrected chi connectivity index (χ4v) is 2.63. The molecule has 0 saturated carbocycles. The first-order valence-electron chi connectivity index (χ1n) is 7.47. The number of carbonyl (C=O) groups is 1. The molecule has 0 radical (unpaired) electrons. The van der Waals surface area contributed by atoms with Crippen molar-refractivity contribution in [2.45, 2.75) is 18.9 Å². The molecule has 0 aliphatic carbocycles. The number of hydrogen-bond acceptors (Lipinski definition) is 6. The van der Waals surface area contributed by atoms with Crippen LogP contribution < -0.4 is 9.47 Å². The zero-order valence-corrected chi connectivity index (χ0v) is 13.2. The topological polar surface area (TPSA) is 82.4 Å². The van der Waals surface area contributed by atoms with Gasteiger partial charge in [-0.15, -0.1) is 5.10 Å². The van der Waals surface area contributed by atoms with Crippen LogP contribution in [0.2, 0.25) is 0 Å². The van der Waals surface area contributed by atoms with Crippen LogP contribution in [0, 0.1) is 0 Å². The Balaban J connectivity index is 1.59. The van der Waals surface area contributed by atoms with Gasteiger partial charge in [0.2, 0.25) is 11.8 Å². The molecule has 3 rings (SSSR count). The van der Waals surface area contributed by atoms with Gasteiger partial charge in [-0.05, 0) is 0 Å². The van der Waals surface area contributed by atoms with Crippen molar-refractivity contribution in [2.24, 2.45) is 7.05 Å². The second kappa shape index (κ2) is 6.64. The van der Waals surface area contributed by atoms with Crippen LogP contribution in [0.4, 0.5) is 0 Å². The first-order valence-corrected chi connectivity index (χ1v) is 7.47. The fraction of sp³-hybridized carbons (Fsp3) is 0.467. The standard InChI is InChI=1S/C15H19N5O3/c1-19-10-12(14(18-19)22-2)15(21)20-7-3-11(4-8-20)23-13-9-16-5-6-17-13/h5-6,9-11H,3-4,7-8H2,1-2H3. The molecule has 0 unspecified atom stereocenters. The first-order chi connectivity index (χ1) is 11.2. The molecule has 1 aliphatic heterocycles. The SMILES string of the molecule is COc1nn(C)cc1C(=O)N1CCC(Oc2cnccn2)CC1. The molecule has 0 spiro atoms. The molecule has 0 aromatic carbocycles. The number of aryl methyl sites for hydroxylation is 1. The van der Waals surface area contributed by atoms with Gasteiger partial charge in [-0.3, -0.25) is 14.5 Å². The van der Waals surface area contributed by atoms with E-state index in [0.717, 1.165) is 12.8 Å². The Kier molecular flexibility index (Phi) is 4.40.